The first-order chi connectivity index (χ1) is 17.2. The number of hydrogen-bond donors (Lipinski definition) is 2. The van der Waals surface area contributed by atoms with Gasteiger partial charge in [-0.1, -0.05) is 76.2 Å². The Labute approximate surface area is 233 Å². The van der Waals surface area contributed by atoms with Gasteiger partial charge in [0.25, 0.3) is 5.91 Å². The standard InChI is InChI=1S/C26H20Cl5N3O2/c1-14-24(26(36)32-19(13-35)10-15-2-8-20(29)21(30)11-15)33-34(23-9-7-18(28)12-22(23)31)25(14)16-3-5-17(27)6-4-16/h2-9,11-12,19,35H,10,13H2,1H3,(H,32,36). The van der Waals surface area contributed by atoms with Crippen LogP contribution in [0.3, 0.4) is 0 Å². The molecule has 1 heterocycles. The Kier molecular flexibility index (Phi) is 8.51. The molecule has 0 radical (unpaired) electrons. The summed E-state index contributed by atoms with van der Waals surface area (Å²) < 4.78 is 1.61. The summed E-state index contributed by atoms with van der Waals surface area (Å²) in [4.78, 5) is 13.3. The third kappa shape index (κ3) is 5.83. The highest BCUT2D eigenvalue weighted by molar-refractivity contribution is 6.42. The molecule has 0 saturated heterocycles. The van der Waals surface area contributed by atoms with E-state index in [-0.39, 0.29) is 12.3 Å². The number of rotatable bonds is 7. The highest BCUT2D eigenvalue weighted by Gasteiger charge is 2.25. The van der Waals surface area contributed by atoms with Crippen molar-refractivity contribution in [2.24, 2.45) is 0 Å². The first kappa shape index (κ1) is 26.8. The zero-order valence-corrected chi connectivity index (χ0v) is 22.7. The van der Waals surface area contributed by atoms with E-state index in [1.807, 2.05) is 12.1 Å². The first-order valence-corrected chi connectivity index (χ1v) is 12.7. The Morgan fingerprint density at radius 2 is 1.61 bits per heavy atom. The molecule has 1 aromatic heterocycles. The molecule has 1 unspecified atom stereocenters. The molecule has 0 aliphatic rings. The maximum absolute atomic E-state index is 13.3. The van der Waals surface area contributed by atoms with Gasteiger partial charge in [0.15, 0.2) is 5.69 Å². The molecule has 4 rings (SSSR count). The van der Waals surface area contributed by atoms with Crippen LogP contribution in [0.2, 0.25) is 25.1 Å². The van der Waals surface area contributed by atoms with E-state index in [4.69, 9.17) is 58.0 Å². The monoisotopic (exact) mass is 581 g/mol. The van der Waals surface area contributed by atoms with Crippen LogP contribution in [0.15, 0.2) is 60.7 Å². The van der Waals surface area contributed by atoms with Crippen molar-refractivity contribution in [2.75, 3.05) is 6.61 Å². The van der Waals surface area contributed by atoms with E-state index in [2.05, 4.69) is 10.4 Å². The summed E-state index contributed by atoms with van der Waals surface area (Å²) in [6.45, 7) is 1.53. The molecule has 1 amide bonds. The van der Waals surface area contributed by atoms with Crippen molar-refractivity contribution < 1.29 is 9.90 Å². The van der Waals surface area contributed by atoms with E-state index in [9.17, 15) is 9.90 Å². The van der Waals surface area contributed by atoms with Gasteiger partial charge in [0, 0.05) is 21.2 Å². The Balaban J connectivity index is 1.71. The number of hydrogen-bond acceptors (Lipinski definition) is 3. The molecule has 0 bridgehead atoms. The fourth-order valence-electron chi connectivity index (χ4n) is 3.85. The van der Waals surface area contributed by atoms with Crippen molar-refractivity contribution >= 4 is 63.9 Å². The fraction of sp³-hybridized carbons (Fsp3) is 0.154. The molecule has 186 valence electrons. The van der Waals surface area contributed by atoms with Crippen molar-refractivity contribution in [3.8, 4) is 16.9 Å². The number of carbonyl (C=O) groups excluding carboxylic acids is 1. The molecule has 4 aromatic rings. The largest absolute Gasteiger partial charge is 0.394 e. The van der Waals surface area contributed by atoms with Crippen LogP contribution in [-0.4, -0.2) is 33.4 Å². The highest BCUT2D eigenvalue weighted by atomic mass is 35.5. The van der Waals surface area contributed by atoms with Gasteiger partial charge in [0.1, 0.15) is 0 Å². The lowest BCUT2D eigenvalue weighted by Crippen LogP contribution is -2.39. The molecule has 5 nitrogen and oxygen atoms in total. The number of nitrogens with one attached hydrogen (secondary N) is 1. The van der Waals surface area contributed by atoms with Crippen molar-refractivity contribution in [1.82, 2.24) is 15.1 Å². The molecule has 0 saturated carbocycles. The van der Waals surface area contributed by atoms with Gasteiger partial charge in [0.05, 0.1) is 39.1 Å². The lowest BCUT2D eigenvalue weighted by Gasteiger charge is -2.16. The summed E-state index contributed by atoms with van der Waals surface area (Å²) >= 11 is 30.8. The Bertz CT molecular complexity index is 1420. The van der Waals surface area contributed by atoms with E-state index in [1.54, 1.807) is 60.1 Å². The van der Waals surface area contributed by atoms with Crippen molar-refractivity contribution in [3.05, 3.63) is 103 Å². The Morgan fingerprint density at radius 1 is 0.917 bits per heavy atom. The highest BCUT2D eigenvalue weighted by Crippen LogP contribution is 2.33. The average Bonchev–Trinajstić information content (AvgIpc) is 3.18. The number of aliphatic hydroxyl groups excluding tert-OH is 1. The van der Waals surface area contributed by atoms with Gasteiger partial charge in [-0.05, 0) is 61.4 Å². The van der Waals surface area contributed by atoms with E-state index < -0.39 is 11.9 Å². The summed E-state index contributed by atoms with van der Waals surface area (Å²) in [5.41, 5.74) is 3.67. The van der Waals surface area contributed by atoms with Crippen LogP contribution in [0.5, 0.6) is 0 Å². The van der Waals surface area contributed by atoms with Gasteiger partial charge >= 0.3 is 0 Å². The molecule has 0 spiro atoms. The predicted octanol–water partition coefficient (Wildman–Crippen LogP) is 7.45. The van der Waals surface area contributed by atoms with Crippen LogP contribution in [-0.2, 0) is 6.42 Å². The van der Waals surface area contributed by atoms with E-state index in [0.29, 0.717) is 48.5 Å². The minimum absolute atomic E-state index is 0.193. The molecule has 36 heavy (non-hydrogen) atoms. The topological polar surface area (TPSA) is 67.2 Å². The SMILES string of the molecule is Cc1c(C(=O)NC(CO)Cc2ccc(Cl)c(Cl)c2)nn(-c2ccc(Cl)cc2Cl)c1-c1ccc(Cl)cc1. The number of carbonyl (C=O) groups is 1. The molecule has 3 aromatic carbocycles. The second-order valence-electron chi connectivity index (χ2n) is 8.14. The maximum atomic E-state index is 13.3. The lowest BCUT2D eigenvalue weighted by molar-refractivity contribution is 0.0910. The minimum atomic E-state index is -0.572. The number of benzene rings is 3. The quantitative estimate of drug-likeness (QED) is 0.238. The summed E-state index contributed by atoms with van der Waals surface area (Å²) in [6.07, 6.45) is 0.353. The summed E-state index contributed by atoms with van der Waals surface area (Å²) in [5.74, 6) is -0.439. The molecular weight excluding hydrogens is 564 g/mol. The van der Waals surface area contributed by atoms with Crippen molar-refractivity contribution in [2.45, 2.75) is 19.4 Å². The smallest absolute Gasteiger partial charge is 0.272 e. The van der Waals surface area contributed by atoms with E-state index in [1.165, 1.54) is 0 Å². The zero-order valence-electron chi connectivity index (χ0n) is 18.9. The number of amides is 1. The third-order valence-corrected chi connectivity index (χ3v) is 7.14. The first-order valence-electron chi connectivity index (χ1n) is 10.8. The number of halogens is 5. The Morgan fingerprint density at radius 3 is 2.25 bits per heavy atom. The Hall–Kier alpha value is -2.25. The molecule has 2 N–H and O–H groups in total. The number of aliphatic hydroxyl groups is 1. The second kappa shape index (κ2) is 11.4. The molecular formula is C26H20Cl5N3O2. The van der Waals surface area contributed by atoms with Gasteiger partial charge < -0.3 is 10.4 Å². The van der Waals surface area contributed by atoms with Gasteiger partial charge in [-0.15, -0.1) is 0 Å². The van der Waals surface area contributed by atoms with E-state index in [0.717, 1.165) is 11.1 Å². The summed E-state index contributed by atoms with van der Waals surface area (Å²) in [7, 11) is 0. The third-order valence-electron chi connectivity index (χ3n) is 5.61. The van der Waals surface area contributed by atoms with Crippen LogP contribution in [0.4, 0.5) is 0 Å². The molecule has 1 atom stereocenters. The maximum Gasteiger partial charge on any atom is 0.272 e. The van der Waals surface area contributed by atoms with Crippen molar-refractivity contribution in [1.29, 1.82) is 0 Å². The molecule has 0 fully saturated rings. The normalized spacial score (nSPS) is 12.0. The van der Waals surface area contributed by atoms with Crippen molar-refractivity contribution in [3.63, 3.8) is 0 Å². The average molecular weight is 584 g/mol. The number of nitrogens with zero attached hydrogens (tertiary/aromatic N) is 2. The van der Waals surface area contributed by atoms with Gasteiger partial charge in [-0.2, -0.15) is 5.10 Å². The van der Waals surface area contributed by atoms with Gasteiger partial charge in [-0.3, -0.25) is 4.79 Å². The predicted molar refractivity (Wildman–Crippen MR) is 147 cm³/mol. The fourth-order valence-corrected chi connectivity index (χ4v) is 4.79. The minimum Gasteiger partial charge on any atom is -0.394 e. The van der Waals surface area contributed by atoms with E-state index >= 15 is 0 Å². The zero-order chi connectivity index (χ0) is 26.0. The van der Waals surface area contributed by atoms with Crippen LogP contribution >= 0.6 is 58.0 Å². The van der Waals surface area contributed by atoms with Crippen LogP contribution in [0.1, 0.15) is 21.6 Å². The van der Waals surface area contributed by atoms with Gasteiger partial charge in [0.2, 0.25) is 0 Å². The number of aromatic nitrogens is 2. The van der Waals surface area contributed by atoms with Gasteiger partial charge in [-0.25, -0.2) is 4.68 Å². The lowest BCUT2D eigenvalue weighted by atomic mass is 10.0. The molecule has 10 heteroatoms. The van der Waals surface area contributed by atoms with Crippen LogP contribution in [0.25, 0.3) is 16.9 Å². The second-order valence-corrected chi connectivity index (χ2v) is 10.2. The molecule has 0 aliphatic carbocycles. The van der Waals surface area contributed by atoms with Crippen LogP contribution in [0, 0.1) is 6.92 Å². The molecule has 0 aliphatic heterocycles. The summed E-state index contributed by atoms with van der Waals surface area (Å²) in [5, 5.41) is 19.7. The summed E-state index contributed by atoms with van der Waals surface area (Å²) in [6, 6.07) is 16.9. The van der Waals surface area contributed by atoms with Crippen LogP contribution < -0.4 is 5.32 Å².